The Labute approximate surface area is 128 Å². The molecule has 0 aliphatic heterocycles. The number of thioether (sulfide) groups is 1. The number of carbonyl (C=O) groups excluding carboxylic acids is 1. The minimum absolute atomic E-state index is 0.0895. The molecular formula is C17H18FNOS. The van der Waals surface area contributed by atoms with Crippen LogP contribution < -0.4 is 5.32 Å². The summed E-state index contributed by atoms with van der Waals surface area (Å²) in [6.07, 6.45) is 0.415. The normalized spacial score (nSPS) is 11.9. The van der Waals surface area contributed by atoms with Gasteiger partial charge in [0.25, 0.3) is 0 Å². The maximum Gasteiger partial charge on any atom is 0.225 e. The van der Waals surface area contributed by atoms with Gasteiger partial charge in [-0.3, -0.25) is 4.79 Å². The second kappa shape index (κ2) is 7.84. The minimum atomic E-state index is -0.347. The number of hydrogen-bond acceptors (Lipinski definition) is 2. The van der Waals surface area contributed by atoms with Gasteiger partial charge in [0.1, 0.15) is 5.82 Å². The topological polar surface area (TPSA) is 29.1 Å². The van der Waals surface area contributed by atoms with Gasteiger partial charge >= 0.3 is 0 Å². The van der Waals surface area contributed by atoms with Crippen molar-refractivity contribution in [2.45, 2.75) is 18.6 Å². The van der Waals surface area contributed by atoms with Gasteiger partial charge in [0.05, 0.1) is 0 Å². The van der Waals surface area contributed by atoms with E-state index in [-0.39, 0.29) is 11.7 Å². The van der Waals surface area contributed by atoms with Crippen LogP contribution in [0, 0.1) is 5.82 Å². The largest absolute Gasteiger partial charge is 0.326 e. The number of anilines is 1. The molecule has 0 unspecified atom stereocenters. The molecule has 0 saturated carbocycles. The highest BCUT2D eigenvalue weighted by molar-refractivity contribution is 7.99. The zero-order valence-corrected chi connectivity index (χ0v) is 12.7. The van der Waals surface area contributed by atoms with Crippen molar-refractivity contribution < 1.29 is 9.18 Å². The van der Waals surface area contributed by atoms with Gasteiger partial charge in [0.2, 0.25) is 5.91 Å². The highest BCUT2D eigenvalue weighted by Crippen LogP contribution is 2.28. The number of rotatable bonds is 6. The van der Waals surface area contributed by atoms with Gasteiger partial charge in [-0.05, 0) is 30.7 Å². The Morgan fingerprint density at radius 1 is 1.19 bits per heavy atom. The Kier molecular flexibility index (Phi) is 5.81. The van der Waals surface area contributed by atoms with Gasteiger partial charge in [-0.25, -0.2) is 4.39 Å². The first-order valence-corrected chi connectivity index (χ1v) is 7.92. The molecule has 2 aromatic rings. The highest BCUT2D eigenvalue weighted by Gasteiger charge is 2.08. The molecular weight excluding hydrogens is 285 g/mol. The van der Waals surface area contributed by atoms with E-state index in [1.807, 2.05) is 18.2 Å². The first-order valence-electron chi connectivity index (χ1n) is 6.87. The molecule has 0 radical (unpaired) electrons. The Morgan fingerprint density at radius 2 is 1.95 bits per heavy atom. The Bertz CT molecular complexity index is 588. The lowest BCUT2D eigenvalue weighted by Gasteiger charge is -2.11. The summed E-state index contributed by atoms with van der Waals surface area (Å²) in [7, 11) is 0. The van der Waals surface area contributed by atoms with Crippen molar-refractivity contribution >= 4 is 23.4 Å². The number of carbonyl (C=O) groups is 1. The van der Waals surface area contributed by atoms with Gasteiger partial charge in [-0.15, -0.1) is 0 Å². The van der Waals surface area contributed by atoms with Gasteiger partial charge in [-0.1, -0.05) is 36.4 Å². The van der Waals surface area contributed by atoms with Crippen molar-refractivity contribution in [2.75, 3.05) is 11.1 Å². The van der Waals surface area contributed by atoms with E-state index in [0.717, 1.165) is 5.75 Å². The summed E-state index contributed by atoms with van der Waals surface area (Å²) in [5.41, 5.74) is 1.76. The summed E-state index contributed by atoms with van der Waals surface area (Å²) < 4.78 is 13.0. The molecule has 4 heteroatoms. The molecule has 0 heterocycles. The fourth-order valence-corrected chi connectivity index (χ4v) is 2.94. The van der Waals surface area contributed by atoms with Crippen molar-refractivity contribution in [3.8, 4) is 0 Å². The molecule has 1 atom stereocenters. The van der Waals surface area contributed by atoms with E-state index in [1.165, 1.54) is 17.7 Å². The quantitative estimate of drug-likeness (QED) is 0.841. The van der Waals surface area contributed by atoms with E-state index in [0.29, 0.717) is 17.4 Å². The number of hydrogen-bond donors (Lipinski definition) is 1. The van der Waals surface area contributed by atoms with Gasteiger partial charge in [-0.2, -0.15) is 11.8 Å². The zero-order chi connectivity index (χ0) is 15.1. The van der Waals surface area contributed by atoms with Crippen LogP contribution in [0.3, 0.4) is 0 Å². The molecule has 2 rings (SSSR count). The van der Waals surface area contributed by atoms with Crippen LogP contribution in [0.15, 0.2) is 54.6 Å². The smallest absolute Gasteiger partial charge is 0.225 e. The molecule has 1 amide bonds. The zero-order valence-electron chi connectivity index (χ0n) is 11.9. The van der Waals surface area contributed by atoms with E-state index in [9.17, 15) is 9.18 Å². The maximum atomic E-state index is 13.0. The number of benzene rings is 2. The first-order chi connectivity index (χ1) is 10.1. The molecule has 110 valence electrons. The maximum absolute atomic E-state index is 13.0. The summed E-state index contributed by atoms with van der Waals surface area (Å²) in [6.45, 7) is 2.13. The fourth-order valence-electron chi connectivity index (χ4n) is 1.94. The second-order valence-corrected chi connectivity index (χ2v) is 6.18. The van der Waals surface area contributed by atoms with Crippen molar-refractivity contribution in [2.24, 2.45) is 0 Å². The molecule has 0 aliphatic rings. The average molecular weight is 303 g/mol. The SMILES string of the molecule is C[C@H](SCCC(=O)Nc1cccc(F)c1)c1ccccc1. The Morgan fingerprint density at radius 3 is 2.67 bits per heavy atom. The van der Waals surface area contributed by atoms with Crippen molar-refractivity contribution in [1.82, 2.24) is 0 Å². The van der Waals surface area contributed by atoms with E-state index < -0.39 is 0 Å². The van der Waals surface area contributed by atoms with Crippen molar-refractivity contribution in [1.29, 1.82) is 0 Å². The van der Waals surface area contributed by atoms with Gasteiger partial charge in [0, 0.05) is 23.1 Å². The van der Waals surface area contributed by atoms with E-state index >= 15 is 0 Å². The molecule has 0 saturated heterocycles. The van der Waals surface area contributed by atoms with Crippen LogP contribution in [-0.2, 0) is 4.79 Å². The third-order valence-corrected chi connectivity index (χ3v) is 4.29. The fraction of sp³-hybridized carbons (Fsp3) is 0.235. The van der Waals surface area contributed by atoms with Crippen LogP contribution in [0.4, 0.5) is 10.1 Å². The molecule has 0 aliphatic carbocycles. The molecule has 1 N–H and O–H groups in total. The highest BCUT2D eigenvalue weighted by atomic mass is 32.2. The van der Waals surface area contributed by atoms with Crippen LogP contribution >= 0.6 is 11.8 Å². The van der Waals surface area contributed by atoms with Crippen LogP contribution in [0.1, 0.15) is 24.2 Å². The molecule has 2 aromatic carbocycles. The summed E-state index contributed by atoms with van der Waals surface area (Å²) in [5, 5.41) is 3.06. The summed E-state index contributed by atoms with van der Waals surface area (Å²) >= 11 is 1.74. The van der Waals surface area contributed by atoms with E-state index in [1.54, 1.807) is 23.9 Å². The summed E-state index contributed by atoms with van der Waals surface area (Å²) in [5.74, 6) is 0.297. The Balaban J connectivity index is 1.74. The minimum Gasteiger partial charge on any atom is -0.326 e. The standard InChI is InChI=1S/C17H18FNOS/c1-13(14-6-3-2-4-7-14)21-11-10-17(20)19-16-9-5-8-15(18)12-16/h2-9,12-13H,10-11H2,1H3,(H,19,20)/t13-/m0/s1. The number of nitrogens with one attached hydrogen (secondary N) is 1. The molecule has 2 nitrogen and oxygen atoms in total. The van der Waals surface area contributed by atoms with Crippen LogP contribution in [-0.4, -0.2) is 11.7 Å². The lowest BCUT2D eigenvalue weighted by molar-refractivity contribution is -0.115. The van der Waals surface area contributed by atoms with Crippen LogP contribution in [0.25, 0.3) is 0 Å². The Hall–Kier alpha value is -1.81. The lowest BCUT2D eigenvalue weighted by Crippen LogP contribution is -2.12. The molecule has 0 bridgehead atoms. The van der Waals surface area contributed by atoms with Crippen LogP contribution in [0.2, 0.25) is 0 Å². The number of halogens is 1. The van der Waals surface area contributed by atoms with E-state index in [4.69, 9.17) is 0 Å². The van der Waals surface area contributed by atoms with Crippen molar-refractivity contribution in [3.05, 3.63) is 66.0 Å². The van der Waals surface area contributed by atoms with Crippen molar-refractivity contribution in [3.63, 3.8) is 0 Å². The molecule has 0 fully saturated rings. The molecule has 21 heavy (non-hydrogen) atoms. The first kappa shape index (κ1) is 15.6. The second-order valence-electron chi connectivity index (χ2n) is 4.73. The monoisotopic (exact) mass is 303 g/mol. The number of amides is 1. The predicted octanol–water partition coefficient (Wildman–Crippen LogP) is 4.65. The molecule has 0 spiro atoms. The third-order valence-electron chi connectivity index (χ3n) is 3.07. The van der Waals surface area contributed by atoms with Gasteiger partial charge < -0.3 is 5.32 Å². The summed E-state index contributed by atoms with van der Waals surface area (Å²) in [6, 6.07) is 16.1. The third kappa shape index (κ3) is 5.23. The summed E-state index contributed by atoms with van der Waals surface area (Å²) in [4.78, 5) is 11.8. The van der Waals surface area contributed by atoms with Gasteiger partial charge in [0.15, 0.2) is 0 Å². The lowest BCUT2D eigenvalue weighted by atomic mass is 10.2. The predicted molar refractivity (Wildman–Crippen MR) is 87.0 cm³/mol. The average Bonchev–Trinajstić information content (AvgIpc) is 2.48. The molecule has 0 aromatic heterocycles. The van der Waals surface area contributed by atoms with E-state index in [2.05, 4.69) is 24.4 Å². The van der Waals surface area contributed by atoms with Crippen LogP contribution in [0.5, 0.6) is 0 Å².